The molecule has 0 heterocycles. The van der Waals surface area contributed by atoms with E-state index in [1.54, 1.807) is 0 Å². The second-order valence-electron chi connectivity index (χ2n) is 14.5. The fraction of sp³-hybridized carbons (Fsp3) is 0.935. The van der Waals surface area contributed by atoms with Crippen molar-refractivity contribution in [1.82, 2.24) is 0 Å². The highest BCUT2D eigenvalue weighted by Crippen LogP contribution is 2.71. The quantitative estimate of drug-likeness (QED) is 0.239. The van der Waals surface area contributed by atoms with Crippen molar-refractivity contribution >= 4 is 27.9 Å². The van der Waals surface area contributed by atoms with Gasteiger partial charge in [-0.25, -0.2) is 8.78 Å². The van der Waals surface area contributed by atoms with Gasteiger partial charge in [-0.3, -0.25) is 9.59 Å². The van der Waals surface area contributed by atoms with Crippen molar-refractivity contribution in [3.05, 3.63) is 0 Å². The Morgan fingerprint density at radius 1 is 0.949 bits per heavy atom. The zero-order valence-electron chi connectivity index (χ0n) is 24.8. The molecule has 4 fully saturated rings. The third kappa shape index (κ3) is 5.68. The fourth-order valence-electron chi connectivity index (χ4n) is 9.77. The minimum absolute atomic E-state index is 0.0000272. The number of fused-ring (bicyclic) bond motifs is 5. The Bertz CT molecular complexity index is 936. The van der Waals surface area contributed by atoms with E-state index in [1.165, 1.54) is 13.8 Å². The first-order chi connectivity index (χ1) is 17.9. The largest absolute Gasteiger partial charge is 0.459 e. The Kier molecular flexibility index (Phi) is 8.65. The third-order valence-electron chi connectivity index (χ3n) is 11.7. The van der Waals surface area contributed by atoms with Crippen LogP contribution in [-0.2, 0) is 19.1 Å². The van der Waals surface area contributed by atoms with Crippen LogP contribution in [0.3, 0.4) is 0 Å². The molecule has 4 aliphatic rings. The molecule has 5 nitrogen and oxygen atoms in total. The molecule has 0 aromatic heterocycles. The summed E-state index contributed by atoms with van der Waals surface area (Å²) >= 11 is 3.65. The molecule has 4 saturated carbocycles. The summed E-state index contributed by atoms with van der Waals surface area (Å²) in [7, 11) is 0. The lowest BCUT2D eigenvalue weighted by atomic mass is 9.43. The lowest BCUT2D eigenvalue weighted by Gasteiger charge is -2.64. The van der Waals surface area contributed by atoms with Crippen molar-refractivity contribution in [2.24, 2.45) is 46.3 Å². The lowest BCUT2D eigenvalue weighted by Crippen LogP contribution is -2.64. The average molecular weight is 620 g/mol. The maximum Gasteiger partial charge on any atom is 0.303 e. The molecule has 39 heavy (non-hydrogen) atoms. The first-order valence-electron chi connectivity index (χ1n) is 15.0. The van der Waals surface area contributed by atoms with Crippen LogP contribution in [0.25, 0.3) is 0 Å². The van der Waals surface area contributed by atoms with Crippen LogP contribution < -0.4 is 0 Å². The Morgan fingerprint density at radius 3 is 2.13 bits per heavy atom. The van der Waals surface area contributed by atoms with Crippen LogP contribution in [-0.4, -0.2) is 45.6 Å². The molecule has 11 atom stereocenters. The van der Waals surface area contributed by atoms with E-state index >= 15 is 8.78 Å². The van der Waals surface area contributed by atoms with Crippen molar-refractivity contribution in [2.45, 2.75) is 135 Å². The summed E-state index contributed by atoms with van der Waals surface area (Å²) in [5, 5.41) is 10.4. The van der Waals surface area contributed by atoms with Crippen LogP contribution >= 0.6 is 15.9 Å². The van der Waals surface area contributed by atoms with Crippen molar-refractivity contribution in [3.63, 3.8) is 0 Å². The Morgan fingerprint density at radius 2 is 1.54 bits per heavy atom. The monoisotopic (exact) mass is 618 g/mol. The van der Waals surface area contributed by atoms with Crippen molar-refractivity contribution < 1.29 is 33.0 Å². The highest BCUT2D eigenvalue weighted by molar-refractivity contribution is 9.09. The second-order valence-corrected chi connectivity index (χ2v) is 15.6. The minimum atomic E-state index is -2.88. The molecule has 0 amide bonds. The maximum absolute atomic E-state index is 16.4. The van der Waals surface area contributed by atoms with Gasteiger partial charge in [-0.1, -0.05) is 36.7 Å². The number of rotatable bonds is 7. The first kappa shape index (κ1) is 31.2. The summed E-state index contributed by atoms with van der Waals surface area (Å²) in [5.74, 6) is -4.52. The number of hydrogen-bond acceptors (Lipinski definition) is 5. The summed E-state index contributed by atoms with van der Waals surface area (Å²) in [4.78, 5) is 23.8. The van der Waals surface area contributed by atoms with E-state index < -0.39 is 52.9 Å². The predicted molar refractivity (Wildman–Crippen MR) is 149 cm³/mol. The van der Waals surface area contributed by atoms with Gasteiger partial charge in [0, 0.05) is 36.9 Å². The van der Waals surface area contributed by atoms with Gasteiger partial charge in [-0.15, -0.1) is 0 Å². The summed E-state index contributed by atoms with van der Waals surface area (Å²) in [5.41, 5.74) is -1.33. The highest BCUT2D eigenvalue weighted by atomic mass is 79.9. The van der Waals surface area contributed by atoms with Gasteiger partial charge in [0.2, 0.25) is 0 Å². The van der Waals surface area contributed by atoms with Gasteiger partial charge in [-0.05, 0) is 99.7 Å². The molecule has 0 aromatic carbocycles. The van der Waals surface area contributed by atoms with Crippen LogP contribution in [0.5, 0.6) is 0 Å². The lowest BCUT2D eigenvalue weighted by molar-refractivity contribution is -0.263. The van der Waals surface area contributed by atoms with Gasteiger partial charge in [0.25, 0.3) is 5.92 Å². The summed E-state index contributed by atoms with van der Waals surface area (Å²) in [6.07, 6.45) is 4.66. The molecule has 1 N–H and O–H groups in total. The Hall–Kier alpha value is -0.760. The fourth-order valence-corrected chi connectivity index (χ4v) is 10.0. The van der Waals surface area contributed by atoms with E-state index in [1.807, 2.05) is 13.8 Å². The van der Waals surface area contributed by atoms with Crippen LogP contribution in [0.1, 0.15) is 106 Å². The standard InChI is InChI=1S/C31H49BrF2O5/c1-17(8-11-25(32)28(4,5)37)20-9-10-21-26-22(12-14-29(20,21)6)30(7)15-13-24(38-18(2)35)27(39-19(3)36)23(30)16-31(26,33)34/h17,20-27,37H,8-16H2,1-7H3/t17-,20-,21+,22+,23+,24+,25?,26+,27-,29-,30-/m1/s1. The molecule has 224 valence electrons. The molecule has 4 aliphatic carbocycles. The Balaban J connectivity index is 1.58. The van der Waals surface area contributed by atoms with E-state index in [0.717, 1.165) is 38.5 Å². The maximum atomic E-state index is 16.4. The smallest absolute Gasteiger partial charge is 0.303 e. The minimum Gasteiger partial charge on any atom is -0.459 e. The summed E-state index contributed by atoms with van der Waals surface area (Å²) in [6, 6.07) is 0. The number of alkyl halides is 3. The van der Waals surface area contributed by atoms with Crippen LogP contribution in [0.4, 0.5) is 8.78 Å². The van der Waals surface area contributed by atoms with Crippen molar-refractivity contribution in [3.8, 4) is 0 Å². The molecule has 0 aliphatic heterocycles. The molecular formula is C31H49BrF2O5. The van der Waals surface area contributed by atoms with Gasteiger partial charge in [0.05, 0.1) is 5.60 Å². The van der Waals surface area contributed by atoms with Gasteiger partial charge in [0.15, 0.2) is 0 Å². The zero-order chi connectivity index (χ0) is 29.1. The molecule has 0 radical (unpaired) electrons. The normalized spacial score (nSPS) is 42.9. The summed E-state index contributed by atoms with van der Waals surface area (Å²) < 4.78 is 44.0. The molecule has 8 heteroatoms. The topological polar surface area (TPSA) is 72.8 Å². The number of ether oxygens (including phenoxy) is 2. The van der Waals surface area contributed by atoms with E-state index in [9.17, 15) is 14.7 Å². The number of halogens is 3. The van der Waals surface area contributed by atoms with Gasteiger partial charge in [-0.2, -0.15) is 0 Å². The van der Waals surface area contributed by atoms with Crippen LogP contribution in [0.2, 0.25) is 0 Å². The van der Waals surface area contributed by atoms with Gasteiger partial charge in [0.1, 0.15) is 12.2 Å². The van der Waals surface area contributed by atoms with E-state index in [-0.39, 0.29) is 28.5 Å². The van der Waals surface area contributed by atoms with Gasteiger partial charge >= 0.3 is 11.9 Å². The number of aliphatic hydroxyl groups is 1. The Labute approximate surface area is 241 Å². The van der Waals surface area contributed by atoms with Crippen LogP contribution in [0.15, 0.2) is 0 Å². The van der Waals surface area contributed by atoms with Crippen molar-refractivity contribution in [2.75, 3.05) is 0 Å². The van der Waals surface area contributed by atoms with Crippen molar-refractivity contribution in [1.29, 1.82) is 0 Å². The number of carbonyl (C=O) groups is 2. The number of carbonyl (C=O) groups excluding carboxylic acids is 2. The van der Waals surface area contributed by atoms with E-state index in [0.29, 0.717) is 24.7 Å². The SMILES string of the molecule is CC(=O)O[C@H]1[C@@H](OC(C)=O)CC[C@@]2(C)[C@H]1CC(F)(F)[C@@H]1[C@@H]2CC[C@]2(C)[C@@H]([C@H](C)CCC(Br)C(C)(C)O)CC[C@@H]12. The van der Waals surface area contributed by atoms with E-state index in [2.05, 4.69) is 36.7 Å². The van der Waals surface area contributed by atoms with Gasteiger partial charge < -0.3 is 14.6 Å². The number of hydrogen-bond donors (Lipinski definition) is 1. The molecule has 0 saturated heterocycles. The first-order valence-corrected chi connectivity index (χ1v) is 15.9. The second kappa shape index (κ2) is 10.8. The molecule has 1 unspecified atom stereocenters. The molecule has 0 spiro atoms. The van der Waals surface area contributed by atoms with Crippen LogP contribution in [0, 0.1) is 46.3 Å². The average Bonchev–Trinajstić information content (AvgIpc) is 3.16. The van der Waals surface area contributed by atoms with E-state index in [4.69, 9.17) is 9.47 Å². The zero-order valence-corrected chi connectivity index (χ0v) is 26.4. The third-order valence-corrected chi connectivity index (χ3v) is 13.3. The highest BCUT2D eigenvalue weighted by Gasteiger charge is 2.70. The molecule has 4 rings (SSSR count). The molecule has 0 aromatic rings. The molecule has 0 bridgehead atoms. The molecular weight excluding hydrogens is 570 g/mol. The number of esters is 2. The predicted octanol–water partition coefficient (Wildman–Crippen LogP) is 7.31. The summed E-state index contributed by atoms with van der Waals surface area (Å²) in [6.45, 7) is 12.9.